The van der Waals surface area contributed by atoms with Gasteiger partial charge in [-0.1, -0.05) is 30.3 Å². The van der Waals surface area contributed by atoms with Gasteiger partial charge < -0.3 is 15.8 Å². The van der Waals surface area contributed by atoms with Crippen LogP contribution in [0.15, 0.2) is 60.0 Å². The van der Waals surface area contributed by atoms with Gasteiger partial charge in [-0.05, 0) is 30.3 Å². The van der Waals surface area contributed by atoms with E-state index in [1.165, 1.54) is 11.3 Å². The number of allylic oxidation sites excluding steroid dienone is 1. The van der Waals surface area contributed by atoms with Crippen LogP contribution in [0.5, 0.6) is 5.75 Å². The second-order valence-electron chi connectivity index (χ2n) is 6.31. The fourth-order valence-corrected chi connectivity index (χ4v) is 3.53. The fraction of sp³-hybridized carbons (Fsp3) is 0.0455. The highest BCUT2D eigenvalue weighted by atomic mass is 32.1. The smallest absolute Gasteiger partial charge is 0.232 e. The predicted molar refractivity (Wildman–Crippen MR) is 122 cm³/mol. The number of benzene rings is 2. The van der Waals surface area contributed by atoms with Crippen molar-refractivity contribution in [2.24, 2.45) is 0 Å². The molecule has 0 amide bonds. The molecule has 0 aliphatic rings. The van der Waals surface area contributed by atoms with Crippen LogP contribution in [0, 0.1) is 11.3 Å². The third-order valence-corrected chi connectivity index (χ3v) is 5.08. The highest BCUT2D eigenvalue weighted by molar-refractivity contribution is 7.13. The number of nitrogens with zero attached hydrogens (tertiary/aromatic N) is 5. The molecule has 0 fully saturated rings. The Kier molecular flexibility index (Phi) is 5.82. The van der Waals surface area contributed by atoms with E-state index < -0.39 is 0 Å². The second-order valence-corrected chi connectivity index (χ2v) is 7.17. The van der Waals surface area contributed by atoms with E-state index in [0.29, 0.717) is 5.69 Å². The van der Waals surface area contributed by atoms with Crippen molar-refractivity contribution in [1.82, 2.24) is 19.9 Å². The van der Waals surface area contributed by atoms with Crippen molar-refractivity contribution >= 4 is 40.6 Å². The Bertz CT molecular complexity index is 1280. The highest BCUT2D eigenvalue weighted by Gasteiger charge is 2.12. The number of rotatable bonds is 6. The first-order valence-electron chi connectivity index (χ1n) is 9.20. The number of nitrogens with two attached hydrogens (primary N) is 1. The number of ether oxygens (including phenoxy) is 1. The number of nitrogens with one attached hydrogen (secondary N) is 1. The lowest BCUT2D eigenvalue weighted by Gasteiger charge is -2.06. The minimum Gasteiger partial charge on any atom is -0.497 e. The molecule has 152 valence electrons. The van der Waals surface area contributed by atoms with E-state index in [2.05, 4.69) is 31.3 Å². The average molecular weight is 427 g/mol. The van der Waals surface area contributed by atoms with Crippen LogP contribution in [0.2, 0.25) is 0 Å². The van der Waals surface area contributed by atoms with Gasteiger partial charge in [-0.25, -0.2) is 4.98 Å². The molecule has 0 bridgehead atoms. The summed E-state index contributed by atoms with van der Waals surface area (Å²) in [4.78, 5) is 17.1. The quantitative estimate of drug-likeness (QED) is 0.434. The number of hydrogen-bond donors (Lipinski definition) is 2. The molecule has 0 spiro atoms. The molecular formula is C22H17N7OS. The van der Waals surface area contributed by atoms with E-state index in [0.717, 1.165) is 22.0 Å². The Morgan fingerprint density at radius 1 is 1.10 bits per heavy atom. The maximum Gasteiger partial charge on any atom is 0.232 e. The number of para-hydroxylation sites is 1. The van der Waals surface area contributed by atoms with Gasteiger partial charge in [-0.2, -0.15) is 20.2 Å². The van der Waals surface area contributed by atoms with E-state index >= 15 is 0 Å². The molecule has 3 N–H and O–H groups in total. The first-order valence-corrected chi connectivity index (χ1v) is 10.1. The van der Waals surface area contributed by atoms with Crippen LogP contribution in [-0.2, 0) is 0 Å². The minimum atomic E-state index is 0.0138. The molecule has 2 aromatic heterocycles. The Labute approximate surface area is 182 Å². The second kappa shape index (κ2) is 9.02. The molecule has 0 unspecified atom stereocenters. The van der Waals surface area contributed by atoms with Gasteiger partial charge in [0, 0.05) is 16.6 Å². The number of methoxy groups -OCH3 is 1. The van der Waals surface area contributed by atoms with Crippen LogP contribution in [0.3, 0.4) is 0 Å². The van der Waals surface area contributed by atoms with Crippen LogP contribution in [0.4, 0.5) is 17.6 Å². The monoisotopic (exact) mass is 427 g/mol. The largest absolute Gasteiger partial charge is 0.497 e. The summed E-state index contributed by atoms with van der Waals surface area (Å²) in [6, 6.07) is 19.2. The van der Waals surface area contributed by atoms with Gasteiger partial charge >= 0.3 is 0 Å². The van der Waals surface area contributed by atoms with Crippen molar-refractivity contribution in [1.29, 1.82) is 5.26 Å². The van der Waals surface area contributed by atoms with Gasteiger partial charge in [0.1, 0.15) is 16.8 Å². The number of thiazole rings is 1. The van der Waals surface area contributed by atoms with Gasteiger partial charge in [0.2, 0.25) is 11.9 Å². The van der Waals surface area contributed by atoms with Crippen LogP contribution in [0.1, 0.15) is 11.5 Å². The lowest BCUT2D eigenvalue weighted by atomic mass is 10.2. The molecule has 0 saturated heterocycles. The lowest BCUT2D eigenvalue weighted by Crippen LogP contribution is -2.06. The zero-order valence-corrected chi connectivity index (χ0v) is 17.3. The van der Waals surface area contributed by atoms with Crippen LogP contribution < -0.4 is 15.8 Å². The van der Waals surface area contributed by atoms with Crippen LogP contribution >= 0.6 is 11.3 Å². The first kappa shape index (κ1) is 20.0. The maximum atomic E-state index is 9.68. The lowest BCUT2D eigenvalue weighted by molar-refractivity contribution is 0.415. The normalized spacial score (nSPS) is 11.0. The predicted octanol–water partition coefficient (Wildman–Crippen LogP) is 4.39. The summed E-state index contributed by atoms with van der Waals surface area (Å²) in [7, 11) is 1.62. The minimum absolute atomic E-state index is 0.0138. The first-order chi connectivity index (χ1) is 15.1. The van der Waals surface area contributed by atoms with Crippen molar-refractivity contribution in [2.75, 3.05) is 18.2 Å². The molecule has 4 rings (SSSR count). The summed E-state index contributed by atoms with van der Waals surface area (Å²) < 4.78 is 5.27. The zero-order valence-electron chi connectivity index (χ0n) is 16.5. The molecule has 2 heterocycles. The molecule has 0 aliphatic heterocycles. The number of anilines is 3. The zero-order chi connectivity index (χ0) is 21.6. The van der Waals surface area contributed by atoms with E-state index in [1.54, 1.807) is 13.2 Å². The van der Waals surface area contributed by atoms with E-state index in [1.807, 2.05) is 60.0 Å². The van der Waals surface area contributed by atoms with Gasteiger partial charge in [0.05, 0.1) is 18.4 Å². The maximum absolute atomic E-state index is 9.68. The third-order valence-electron chi connectivity index (χ3n) is 4.17. The molecule has 2 aromatic carbocycles. The summed E-state index contributed by atoms with van der Waals surface area (Å²) in [6.45, 7) is 0. The molecule has 8 nitrogen and oxygen atoms in total. The molecule has 9 heteroatoms. The summed E-state index contributed by atoms with van der Waals surface area (Å²) in [6.07, 6.45) is 1.63. The summed E-state index contributed by atoms with van der Waals surface area (Å²) in [5.41, 5.74) is 8.42. The molecular weight excluding hydrogens is 410 g/mol. The number of nitriles is 1. The Morgan fingerprint density at radius 3 is 2.71 bits per heavy atom. The molecule has 4 aromatic rings. The summed E-state index contributed by atoms with van der Waals surface area (Å²) in [5, 5.41) is 15.4. The SMILES string of the molecule is COc1cccc(-c2nc(/C=C(/C#N)c3nc(N)nc(Nc4ccccc4)n3)cs2)c1. The Morgan fingerprint density at radius 2 is 1.94 bits per heavy atom. The van der Waals surface area contributed by atoms with Gasteiger partial charge in [0.15, 0.2) is 5.82 Å². The molecule has 0 aliphatic carbocycles. The topological polar surface area (TPSA) is 123 Å². The number of nitrogen functional groups attached to an aromatic ring is 1. The Hall–Kier alpha value is -4.29. The van der Waals surface area contributed by atoms with Crippen molar-refractivity contribution in [3.8, 4) is 22.4 Å². The molecule has 31 heavy (non-hydrogen) atoms. The average Bonchev–Trinajstić information content (AvgIpc) is 3.26. The third kappa shape index (κ3) is 4.83. The van der Waals surface area contributed by atoms with Gasteiger partial charge in [-0.15, -0.1) is 11.3 Å². The van der Waals surface area contributed by atoms with Crippen LogP contribution in [-0.4, -0.2) is 27.0 Å². The Balaban J connectivity index is 1.63. The van der Waals surface area contributed by atoms with Gasteiger partial charge in [0.25, 0.3) is 0 Å². The fourth-order valence-electron chi connectivity index (χ4n) is 2.76. The molecule has 0 saturated carbocycles. The standard InChI is InChI=1S/C22H17N7OS/c1-30-18-9-5-6-14(11-18)20-25-17(13-31-20)10-15(12-23)19-27-21(24)29-22(28-19)26-16-7-3-2-4-8-16/h2-11,13H,1H3,(H3,24,26,27,28,29)/b15-10-. The summed E-state index contributed by atoms with van der Waals surface area (Å²) in [5.74, 6) is 1.19. The summed E-state index contributed by atoms with van der Waals surface area (Å²) >= 11 is 1.47. The van der Waals surface area contributed by atoms with Gasteiger partial charge in [-0.3, -0.25) is 0 Å². The molecule has 0 atom stereocenters. The van der Waals surface area contributed by atoms with E-state index in [-0.39, 0.29) is 23.3 Å². The van der Waals surface area contributed by atoms with E-state index in [4.69, 9.17) is 10.5 Å². The van der Waals surface area contributed by atoms with Crippen molar-refractivity contribution in [3.05, 3.63) is 71.5 Å². The van der Waals surface area contributed by atoms with Crippen molar-refractivity contribution in [2.45, 2.75) is 0 Å². The van der Waals surface area contributed by atoms with Crippen molar-refractivity contribution in [3.63, 3.8) is 0 Å². The number of aromatic nitrogens is 4. The highest BCUT2D eigenvalue weighted by Crippen LogP contribution is 2.28. The molecule has 0 radical (unpaired) electrons. The van der Waals surface area contributed by atoms with Crippen molar-refractivity contribution < 1.29 is 4.74 Å². The van der Waals surface area contributed by atoms with E-state index in [9.17, 15) is 5.26 Å². The number of hydrogen-bond acceptors (Lipinski definition) is 9. The van der Waals surface area contributed by atoms with Crippen LogP contribution in [0.25, 0.3) is 22.2 Å².